The molecule has 222 valence electrons. The SMILES string of the molecule is O=C(c1ccc(C(=O)N2CCC(=C(c3ccsc3)c3ccsc3)CC2)nc1)N1CCC(=C(c2ccsc2)c2ccsc2)CC1. The fourth-order valence-electron chi connectivity index (χ4n) is 6.23. The molecule has 2 aliphatic heterocycles. The summed E-state index contributed by atoms with van der Waals surface area (Å²) in [5, 5.41) is 17.3. The van der Waals surface area contributed by atoms with Gasteiger partial charge in [0.2, 0.25) is 0 Å². The lowest BCUT2D eigenvalue weighted by Gasteiger charge is -2.30. The van der Waals surface area contributed by atoms with Gasteiger partial charge in [0.1, 0.15) is 5.69 Å². The summed E-state index contributed by atoms with van der Waals surface area (Å²) in [7, 11) is 0. The third-order valence-corrected chi connectivity index (χ3v) is 11.2. The van der Waals surface area contributed by atoms with Crippen molar-refractivity contribution in [3.63, 3.8) is 0 Å². The molecule has 5 aromatic rings. The summed E-state index contributed by atoms with van der Waals surface area (Å²) in [6.45, 7) is 2.68. The highest BCUT2D eigenvalue weighted by Gasteiger charge is 2.26. The molecule has 2 saturated heterocycles. The molecule has 2 fully saturated rings. The fourth-order valence-corrected chi connectivity index (χ4v) is 8.81. The van der Waals surface area contributed by atoms with E-state index in [4.69, 9.17) is 0 Å². The van der Waals surface area contributed by atoms with Crippen molar-refractivity contribution < 1.29 is 9.59 Å². The third kappa shape index (κ3) is 6.02. The van der Waals surface area contributed by atoms with E-state index in [1.807, 2.05) is 9.80 Å². The molecule has 0 N–H and O–H groups in total. The second kappa shape index (κ2) is 13.2. The van der Waals surface area contributed by atoms with Crippen molar-refractivity contribution in [2.45, 2.75) is 25.7 Å². The normalized spacial score (nSPS) is 15.5. The van der Waals surface area contributed by atoms with E-state index in [9.17, 15) is 9.59 Å². The molecule has 0 aromatic carbocycles. The maximum Gasteiger partial charge on any atom is 0.272 e. The molecule has 0 saturated carbocycles. The number of hydrogen-bond acceptors (Lipinski definition) is 7. The van der Waals surface area contributed by atoms with Gasteiger partial charge >= 0.3 is 0 Å². The third-order valence-electron chi connectivity index (χ3n) is 8.48. The Morgan fingerprint density at radius 1 is 0.523 bits per heavy atom. The van der Waals surface area contributed by atoms with Crippen LogP contribution >= 0.6 is 45.3 Å². The van der Waals surface area contributed by atoms with E-state index in [0.717, 1.165) is 25.7 Å². The summed E-state index contributed by atoms with van der Waals surface area (Å²) in [5.74, 6) is -0.0943. The molecular weight excluding hydrogens is 623 g/mol. The van der Waals surface area contributed by atoms with Crippen LogP contribution in [0.3, 0.4) is 0 Å². The van der Waals surface area contributed by atoms with Gasteiger partial charge in [0.15, 0.2) is 0 Å². The van der Waals surface area contributed by atoms with Gasteiger partial charge in [0.25, 0.3) is 11.8 Å². The fraction of sp³-hybridized carbons (Fsp3) is 0.229. The van der Waals surface area contributed by atoms with E-state index >= 15 is 0 Å². The second-order valence-corrected chi connectivity index (χ2v) is 14.1. The lowest BCUT2D eigenvalue weighted by atomic mass is 9.91. The molecule has 2 aliphatic rings. The molecule has 0 radical (unpaired) electrons. The van der Waals surface area contributed by atoms with Crippen molar-refractivity contribution in [1.29, 1.82) is 0 Å². The monoisotopic (exact) mass is 653 g/mol. The number of aromatic nitrogens is 1. The van der Waals surface area contributed by atoms with Gasteiger partial charge in [-0.25, -0.2) is 0 Å². The van der Waals surface area contributed by atoms with Gasteiger partial charge in [-0.1, -0.05) is 11.1 Å². The van der Waals surface area contributed by atoms with Gasteiger partial charge in [0, 0.05) is 32.4 Å². The minimum atomic E-state index is -0.0715. The van der Waals surface area contributed by atoms with E-state index < -0.39 is 0 Å². The van der Waals surface area contributed by atoms with Gasteiger partial charge in [-0.2, -0.15) is 45.3 Å². The predicted octanol–water partition coefficient (Wildman–Crippen LogP) is 8.80. The number of hydrogen-bond donors (Lipinski definition) is 0. The molecule has 5 nitrogen and oxygen atoms in total. The first-order chi connectivity index (χ1) is 21.7. The number of amides is 2. The van der Waals surface area contributed by atoms with E-state index in [0.29, 0.717) is 37.4 Å². The van der Waals surface area contributed by atoms with Gasteiger partial charge in [0.05, 0.1) is 5.56 Å². The lowest BCUT2D eigenvalue weighted by molar-refractivity contribution is 0.0726. The van der Waals surface area contributed by atoms with Gasteiger partial charge in [-0.3, -0.25) is 14.6 Å². The van der Waals surface area contributed by atoms with Crippen molar-refractivity contribution in [2.75, 3.05) is 26.2 Å². The van der Waals surface area contributed by atoms with E-state index in [2.05, 4.69) is 72.3 Å². The molecule has 7 rings (SSSR count). The molecule has 0 unspecified atom stereocenters. The second-order valence-electron chi connectivity index (χ2n) is 11.0. The maximum atomic E-state index is 13.4. The van der Waals surface area contributed by atoms with Crippen molar-refractivity contribution >= 4 is 68.3 Å². The van der Waals surface area contributed by atoms with Crippen molar-refractivity contribution in [3.8, 4) is 0 Å². The Morgan fingerprint density at radius 2 is 0.932 bits per heavy atom. The topological polar surface area (TPSA) is 53.5 Å². The van der Waals surface area contributed by atoms with Crippen LogP contribution in [0.25, 0.3) is 11.1 Å². The molecule has 2 amide bonds. The highest BCUT2D eigenvalue weighted by atomic mass is 32.1. The first-order valence-corrected chi connectivity index (χ1v) is 18.5. The van der Waals surface area contributed by atoms with Gasteiger partial charge in [-0.15, -0.1) is 0 Å². The standard InChI is InChI=1S/C35H31N3O2S4/c39-34(37-11-3-24(4-12-37)32(27-7-15-41-20-27)28-8-16-42-21-28)26-1-2-31(36-19-26)35(40)38-13-5-25(6-14-38)33(29-9-17-43-22-29)30-10-18-44-23-30/h1-2,7-10,15-23H,3-6,11-14H2. The number of carbonyl (C=O) groups is 2. The number of piperidine rings is 2. The largest absolute Gasteiger partial charge is 0.338 e. The molecule has 0 atom stereocenters. The Balaban J connectivity index is 0.993. The number of thiophene rings is 4. The van der Waals surface area contributed by atoms with Crippen LogP contribution in [0.2, 0.25) is 0 Å². The minimum Gasteiger partial charge on any atom is -0.338 e. The minimum absolute atomic E-state index is 0.0229. The Hall–Kier alpha value is -3.63. The Labute approximate surface area is 273 Å². The van der Waals surface area contributed by atoms with Crippen molar-refractivity contribution in [1.82, 2.24) is 14.8 Å². The van der Waals surface area contributed by atoms with Crippen LogP contribution in [0.4, 0.5) is 0 Å². The zero-order valence-corrected chi connectivity index (χ0v) is 27.4. The highest BCUT2D eigenvalue weighted by molar-refractivity contribution is 7.09. The maximum absolute atomic E-state index is 13.4. The van der Waals surface area contributed by atoms with Crippen LogP contribution in [0, 0.1) is 0 Å². The molecule has 0 spiro atoms. The zero-order chi connectivity index (χ0) is 29.9. The predicted molar refractivity (Wildman–Crippen MR) is 184 cm³/mol. The summed E-state index contributed by atoms with van der Waals surface area (Å²) in [6, 6.07) is 12.2. The average molecular weight is 654 g/mol. The van der Waals surface area contributed by atoms with Crippen LogP contribution in [0.5, 0.6) is 0 Å². The van der Waals surface area contributed by atoms with Crippen LogP contribution in [0.15, 0.2) is 96.8 Å². The summed E-state index contributed by atoms with van der Waals surface area (Å²) in [6.07, 6.45) is 4.96. The number of carbonyl (C=O) groups excluding carboxylic acids is 2. The summed E-state index contributed by atoms with van der Waals surface area (Å²) >= 11 is 6.85. The first kappa shape index (κ1) is 29.1. The van der Waals surface area contributed by atoms with E-state index in [1.54, 1.807) is 63.7 Å². The summed E-state index contributed by atoms with van der Waals surface area (Å²) in [5.41, 5.74) is 11.4. The molecule has 0 aliphatic carbocycles. The lowest BCUT2D eigenvalue weighted by Crippen LogP contribution is -2.37. The Kier molecular flexibility index (Phi) is 8.70. The smallest absolute Gasteiger partial charge is 0.272 e. The van der Waals surface area contributed by atoms with Crippen molar-refractivity contribution in [2.24, 2.45) is 0 Å². The molecule has 5 aromatic heterocycles. The summed E-state index contributed by atoms with van der Waals surface area (Å²) in [4.78, 5) is 35.0. The van der Waals surface area contributed by atoms with Crippen LogP contribution in [0.1, 0.15) is 68.8 Å². The van der Waals surface area contributed by atoms with E-state index in [1.165, 1.54) is 44.5 Å². The van der Waals surface area contributed by atoms with Crippen molar-refractivity contribution in [3.05, 3.63) is 130 Å². The summed E-state index contributed by atoms with van der Waals surface area (Å²) < 4.78 is 0. The van der Waals surface area contributed by atoms with E-state index in [-0.39, 0.29) is 11.8 Å². The zero-order valence-electron chi connectivity index (χ0n) is 24.1. The molecule has 9 heteroatoms. The number of nitrogens with zero attached hydrogens (tertiary/aromatic N) is 3. The first-order valence-electron chi connectivity index (χ1n) is 14.7. The number of pyridine rings is 1. The quantitative estimate of drug-likeness (QED) is 0.184. The molecular formula is C35H31N3O2S4. The molecule has 7 heterocycles. The highest BCUT2D eigenvalue weighted by Crippen LogP contribution is 2.36. The van der Waals surface area contributed by atoms with Gasteiger partial charge < -0.3 is 9.80 Å². The van der Waals surface area contributed by atoms with Crippen LogP contribution < -0.4 is 0 Å². The van der Waals surface area contributed by atoms with Crippen LogP contribution in [-0.4, -0.2) is 52.8 Å². The molecule has 0 bridgehead atoms. The van der Waals surface area contributed by atoms with Gasteiger partial charge in [-0.05, 0) is 139 Å². The Morgan fingerprint density at radius 3 is 1.27 bits per heavy atom. The van der Waals surface area contributed by atoms with Crippen LogP contribution in [-0.2, 0) is 0 Å². The number of rotatable bonds is 6. The average Bonchev–Trinajstić information content (AvgIpc) is 3.91. The Bertz CT molecular complexity index is 1560. The molecule has 44 heavy (non-hydrogen) atoms. The number of likely N-dealkylation sites (tertiary alicyclic amines) is 2.